The third-order valence-electron chi connectivity index (χ3n) is 3.09. The van der Waals surface area contributed by atoms with Gasteiger partial charge in [0.25, 0.3) is 0 Å². The molecule has 2 heteroatoms. The SMILES string of the molecule is CCC(=O)N(Cc1ccccc1)Cc1ccccc1. The molecule has 0 unspecified atom stereocenters. The van der Waals surface area contributed by atoms with Gasteiger partial charge in [0.2, 0.25) is 5.91 Å². The van der Waals surface area contributed by atoms with E-state index >= 15 is 0 Å². The van der Waals surface area contributed by atoms with Crippen molar-refractivity contribution in [2.45, 2.75) is 26.4 Å². The van der Waals surface area contributed by atoms with Crippen molar-refractivity contribution in [3.8, 4) is 0 Å². The van der Waals surface area contributed by atoms with Crippen molar-refractivity contribution in [3.05, 3.63) is 71.8 Å². The molecule has 2 aromatic rings. The van der Waals surface area contributed by atoms with E-state index in [0.29, 0.717) is 19.5 Å². The average molecular weight is 253 g/mol. The zero-order valence-corrected chi connectivity index (χ0v) is 11.3. The van der Waals surface area contributed by atoms with Crippen LogP contribution < -0.4 is 0 Å². The normalized spacial score (nSPS) is 10.2. The molecular weight excluding hydrogens is 234 g/mol. The molecule has 98 valence electrons. The van der Waals surface area contributed by atoms with Gasteiger partial charge in [-0.2, -0.15) is 0 Å². The summed E-state index contributed by atoms with van der Waals surface area (Å²) in [5, 5.41) is 0. The van der Waals surface area contributed by atoms with Crippen LogP contribution in [0.2, 0.25) is 0 Å². The molecule has 2 aromatic carbocycles. The van der Waals surface area contributed by atoms with Crippen molar-refractivity contribution in [1.82, 2.24) is 4.90 Å². The molecule has 0 N–H and O–H groups in total. The molecule has 0 aromatic heterocycles. The third-order valence-corrected chi connectivity index (χ3v) is 3.09. The Morgan fingerprint density at radius 1 is 0.842 bits per heavy atom. The molecule has 0 spiro atoms. The topological polar surface area (TPSA) is 20.3 Å². The van der Waals surface area contributed by atoms with E-state index in [1.807, 2.05) is 48.2 Å². The highest BCUT2D eigenvalue weighted by Crippen LogP contribution is 2.11. The highest BCUT2D eigenvalue weighted by Gasteiger charge is 2.12. The summed E-state index contributed by atoms with van der Waals surface area (Å²) < 4.78 is 0. The predicted octanol–water partition coefficient (Wildman–Crippen LogP) is 3.63. The highest BCUT2D eigenvalue weighted by atomic mass is 16.2. The zero-order valence-electron chi connectivity index (χ0n) is 11.3. The fourth-order valence-corrected chi connectivity index (χ4v) is 2.06. The summed E-state index contributed by atoms with van der Waals surface area (Å²) in [7, 11) is 0. The zero-order chi connectivity index (χ0) is 13.5. The van der Waals surface area contributed by atoms with Crippen LogP contribution in [-0.2, 0) is 17.9 Å². The van der Waals surface area contributed by atoms with E-state index in [9.17, 15) is 4.79 Å². The van der Waals surface area contributed by atoms with Crippen molar-refractivity contribution in [2.24, 2.45) is 0 Å². The van der Waals surface area contributed by atoms with Gasteiger partial charge in [0.15, 0.2) is 0 Å². The summed E-state index contributed by atoms with van der Waals surface area (Å²) in [5.74, 6) is 0.188. The number of hydrogen-bond acceptors (Lipinski definition) is 1. The molecule has 0 aliphatic heterocycles. The molecule has 1 amide bonds. The van der Waals surface area contributed by atoms with E-state index in [4.69, 9.17) is 0 Å². The Bertz CT molecular complexity index is 466. The molecule has 2 nitrogen and oxygen atoms in total. The third kappa shape index (κ3) is 3.95. The second-order valence-electron chi connectivity index (χ2n) is 4.57. The second-order valence-corrected chi connectivity index (χ2v) is 4.57. The Balaban J connectivity index is 2.10. The van der Waals surface area contributed by atoms with Crippen molar-refractivity contribution < 1.29 is 4.79 Å². The van der Waals surface area contributed by atoms with Crippen LogP contribution >= 0.6 is 0 Å². The van der Waals surface area contributed by atoms with E-state index in [-0.39, 0.29) is 5.91 Å². The van der Waals surface area contributed by atoms with E-state index in [1.165, 1.54) is 11.1 Å². The standard InChI is InChI=1S/C17H19NO/c1-2-17(19)18(13-15-9-5-3-6-10-15)14-16-11-7-4-8-12-16/h3-12H,2,13-14H2,1H3. The molecule has 0 aliphatic rings. The number of benzene rings is 2. The first-order chi connectivity index (χ1) is 9.29. The lowest BCUT2D eigenvalue weighted by Crippen LogP contribution is -2.29. The van der Waals surface area contributed by atoms with Crippen LogP contribution in [0.5, 0.6) is 0 Å². The van der Waals surface area contributed by atoms with Crippen LogP contribution in [-0.4, -0.2) is 10.8 Å². The van der Waals surface area contributed by atoms with Gasteiger partial charge >= 0.3 is 0 Å². The van der Waals surface area contributed by atoms with Crippen LogP contribution in [0, 0.1) is 0 Å². The van der Waals surface area contributed by atoms with Crippen LogP contribution in [0.1, 0.15) is 24.5 Å². The van der Waals surface area contributed by atoms with Crippen LogP contribution in [0.3, 0.4) is 0 Å². The molecule has 0 heterocycles. The van der Waals surface area contributed by atoms with Crippen LogP contribution in [0.15, 0.2) is 60.7 Å². The molecule has 0 bridgehead atoms. The van der Waals surface area contributed by atoms with Crippen LogP contribution in [0.25, 0.3) is 0 Å². The molecule has 19 heavy (non-hydrogen) atoms. The second kappa shape index (κ2) is 6.74. The summed E-state index contributed by atoms with van der Waals surface area (Å²) in [5.41, 5.74) is 2.33. The van der Waals surface area contributed by atoms with Crippen molar-refractivity contribution in [2.75, 3.05) is 0 Å². The summed E-state index contributed by atoms with van der Waals surface area (Å²) in [6.07, 6.45) is 0.541. The number of amides is 1. The van der Waals surface area contributed by atoms with Gasteiger partial charge in [-0.25, -0.2) is 0 Å². The molecule has 0 radical (unpaired) electrons. The Morgan fingerprint density at radius 3 is 1.63 bits per heavy atom. The van der Waals surface area contributed by atoms with Crippen molar-refractivity contribution >= 4 is 5.91 Å². The smallest absolute Gasteiger partial charge is 0.222 e. The molecule has 0 fully saturated rings. The maximum Gasteiger partial charge on any atom is 0.222 e. The highest BCUT2D eigenvalue weighted by molar-refractivity contribution is 5.75. The number of hydrogen-bond donors (Lipinski definition) is 0. The first kappa shape index (κ1) is 13.3. The molecule has 0 saturated carbocycles. The minimum absolute atomic E-state index is 0.188. The number of rotatable bonds is 5. The van der Waals surface area contributed by atoms with Gasteiger partial charge in [0, 0.05) is 19.5 Å². The fraction of sp³-hybridized carbons (Fsp3) is 0.235. The lowest BCUT2D eigenvalue weighted by molar-refractivity contribution is -0.132. The number of nitrogens with zero attached hydrogens (tertiary/aromatic N) is 1. The van der Waals surface area contributed by atoms with Crippen molar-refractivity contribution in [3.63, 3.8) is 0 Å². The quantitative estimate of drug-likeness (QED) is 0.797. The molecule has 0 aliphatic carbocycles. The predicted molar refractivity (Wildman–Crippen MR) is 77.4 cm³/mol. The monoisotopic (exact) mass is 253 g/mol. The Hall–Kier alpha value is -2.09. The van der Waals surface area contributed by atoms with Crippen molar-refractivity contribution in [1.29, 1.82) is 0 Å². The average Bonchev–Trinajstić information content (AvgIpc) is 2.48. The maximum absolute atomic E-state index is 12.0. The molecule has 0 atom stereocenters. The van der Waals surface area contributed by atoms with Gasteiger partial charge in [-0.1, -0.05) is 67.6 Å². The fourth-order valence-electron chi connectivity index (χ4n) is 2.06. The van der Waals surface area contributed by atoms with Gasteiger partial charge < -0.3 is 4.90 Å². The molecule has 0 saturated heterocycles. The Kier molecular flexibility index (Phi) is 4.73. The van der Waals surface area contributed by atoms with E-state index < -0.39 is 0 Å². The first-order valence-electron chi connectivity index (χ1n) is 6.65. The maximum atomic E-state index is 12.0. The summed E-state index contributed by atoms with van der Waals surface area (Å²) in [6.45, 7) is 3.25. The minimum atomic E-state index is 0.188. The van der Waals surface area contributed by atoms with E-state index in [0.717, 1.165) is 0 Å². The Morgan fingerprint density at radius 2 is 1.26 bits per heavy atom. The summed E-state index contributed by atoms with van der Waals surface area (Å²) in [6, 6.07) is 20.2. The summed E-state index contributed by atoms with van der Waals surface area (Å²) in [4.78, 5) is 14.0. The lowest BCUT2D eigenvalue weighted by atomic mass is 10.1. The van der Waals surface area contributed by atoms with Gasteiger partial charge in [-0.05, 0) is 11.1 Å². The minimum Gasteiger partial charge on any atom is -0.334 e. The number of carbonyl (C=O) groups is 1. The van der Waals surface area contributed by atoms with E-state index in [2.05, 4.69) is 24.3 Å². The van der Waals surface area contributed by atoms with Gasteiger partial charge in [-0.3, -0.25) is 4.79 Å². The lowest BCUT2D eigenvalue weighted by Gasteiger charge is -2.22. The van der Waals surface area contributed by atoms with Gasteiger partial charge in [-0.15, -0.1) is 0 Å². The van der Waals surface area contributed by atoms with Crippen LogP contribution in [0.4, 0.5) is 0 Å². The summed E-state index contributed by atoms with van der Waals surface area (Å²) >= 11 is 0. The number of carbonyl (C=O) groups excluding carboxylic acids is 1. The van der Waals surface area contributed by atoms with E-state index in [1.54, 1.807) is 0 Å². The van der Waals surface area contributed by atoms with Gasteiger partial charge in [0.05, 0.1) is 0 Å². The largest absolute Gasteiger partial charge is 0.334 e. The Labute approximate surface area is 114 Å². The molecular formula is C17H19NO. The first-order valence-corrected chi connectivity index (χ1v) is 6.65. The molecule has 2 rings (SSSR count). The van der Waals surface area contributed by atoms with Gasteiger partial charge in [0.1, 0.15) is 0 Å².